The molecule has 11 rings (SSSR count). The van der Waals surface area contributed by atoms with Crippen molar-refractivity contribution < 1.29 is 0 Å². The van der Waals surface area contributed by atoms with Gasteiger partial charge in [-0.25, -0.2) is 0 Å². The minimum Gasteiger partial charge on any atom is -0.310 e. The lowest BCUT2D eigenvalue weighted by atomic mass is 9.96. The molecule has 2 aromatic heterocycles. The fourth-order valence-electron chi connectivity index (χ4n) is 8.20. The van der Waals surface area contributed by atoms with E-state index in [0.717, 1.165) is 22.7 Å². The molecule has 51 heavy (non-hydrogen) atoms. The van der Waals surface area contributed by atoms with Crippen LogP contribution in [0.3, 0.4) is 0 Å². The molecule has 0 N–H and O–H groups in total. The summed E-state index contributed by atoms with van der Waals surface area (Å²) in [6.45, 7) is 0. The Kier molecular flexibility index (Phi) is 6.16. The van der Waals surface area contributed by atoms with E-state index in [0.29, 0.717) is 0 Å². The average molecular weight is 667 g/mol. The van der Waals surface area contributed by atoms with E-state index in [2.05, 4.69) is 191 Å². The van der Waals surface area contributed by atoms with Gasteiger partial charge in [-0.3, -0.25) is 0 Å². The Balaban J connectivity index is 1.19. The molecule has 0 bridgehead atoms. The Morgan fingerprint density at radius 3 is 1.75 bits per heavy atom. The second-order valence-corrected chi connectivity index (χ2v) is 14.4. The molecular weight excluding hydrogens is 637 g/mol. The van der Waals surface area contributed by atoms with Crippen LogP contribution in [0, 0.1) is 0 Å². The fourth-order valence-corrected chi connectivity index (χ4v) is 9.34. The topological polar surface area (TPSA) is 8.17 Å². The van der Waals surface area contributed by atoms with Crippen molar-refractivity contribution >= 4 is 103 Å². The predicted octanol–water partition coefficient (Wildman–Crippen LogP) is 14.1. The van der Waals surface area contributed by atoms with Crippen molar-refractivity contribution in [1.82, 2.24) is 4.57 Å². The lowest BCUT2D eigenvalue weighted by Crippen LogP contribution is -2.10. The van der Waals surface area contributed by atoms with Crippen LogP contribution in [0.15, 0.2) is 182 Å². The summed E-state index contributed by atoms with van der Waals surface area (Å²) in [5, 5.41) is 12.7. The molecule has 0 unspecified atom stereocenters. The molecule has 238 valence electrons. The molecule has 2 nitrogen and oxygen atoms in total. The fraction of sp³-hybridized carbons (Fsp3) is 0. The first kappa shape index (κ1) is 28.4. The highest BCUT2D eigenvalue weighted by Crippen LogP contribution is 2.44. The third-order valence-corrected chi connectivity index (χ3v) is 11.7. The first-order chi connectivity index (χ1) is 25.3. The van der Waals surface area contributed by atoms with Crippen LogP contribution in [-0.4, -0.2) is 4.57 Å². The highest BCUT2D eigenvalue weighted by atomic mass is 32.1. The van der Waals surface area contributed by atoms with Crippen molar-refractivity contribution in [3.05, 3.63) is 182 Å². The monoisotopic (exact) mass is 666 g/mol. The summed E-state index contributed by atoms with van der Waals surface area (Å²) >= 11 is 1.86. The van der Waals surface area contributed by atoms with Gasteiger partial charge in [0.2, 0.25) is 0 Å². The summed E-state index contributed by atoms with van der Waals surface area (Å²) in [6.07, 6.45) is 0. The van der Waals surface area contributed by atoms with Crippen molar-refractivity contribution in [2.45, 2.75) is 0 Å². The zero-order valence-electron chi connectivity index (χ0n) is 27.6. The van der Waals surface area contributed by atoms with E-state index in [1.807, 2.05) is 11.3 Å². The van der Waals surface area contributed by atoms with E-state index in [-0.39, 0.29) is 0 Å². The van der Waals surface area contributed by atoms with Crippen molar-refractivity contribution in [2.75, 3.05) is 4.90 Å². The quantitative estimate of drug-likeness (QED) is 0.170. The number of rotatable bonds is 4. The van der Waals surface area contributed by atoms with Crippen molar-refractivity contribution in [1.29, 1.82) is 0 Å². The Hall–Kier alpha value is -6.42. The van der Waals surface area contributed by atoms with Crippen LogP contribution in [0.25, 0.3) is 80.0 Å². The van der Waals surface area contributed by atoms with E-state index in [9.17, 15) is 0 Å². The summed E-state index contributed by atoms with van der Waals surface area (Å²) < 4.78 is 5.01. The largest absolute Gasteiger partial charge is 0.310 e. The molecule has 3 heteroatoms. The second kappa shape index (κ2) is 11.0. The van der Waals surface area contributed by atoms with Gasteiger partial charge in [-0.05, 0) is 93.0 Å². The van der Waals surface area contributed by atoms with Gasteiger partial charge in [-0.2, -0.15) is 0 Å². The Bertz CT molecular complexity index is 3150. The summed E-state index contributed by atoms with van der Waals surface area (Å²) in [5.41, 5.74) is 6.94. The molecule has 0 aliphatic rings. The van der Waals surface area contributed by atoms with Gasteiger partial charge in [-0.1, -0.05) is 121 Å². The van der Waals surface area contributed by atoms with E-state index in [1.54, 1.807) is 0 Å². The van der Waals surface area contributed by atoms with Crippen LogP contribution in [0.1, 0.15) is 0 Å². The molecule has 0 amide bonds. The number of hydrogen-bond donors (Lipinski definition) is 0. The molecule has 0 spiro atoms. The molecule has 0 aliphatic carbocycles. The van der Waals surface area contributed by atoms with Crippen molar-refractivity contribution in [3.8, 4) is 5.69 Å². The Morgan fingerprint density at radius 2 is 0.882 bits per heavy atom. The van der Waals surface area contributed by atoms with Gasteiger partial charge in [0, 0.05) is 53.7 Å². The summed E-state index contributed by atoms with van der Waals surface area (Å²) in [4.78, 5) is 2.44. The second-order valence-electron chi connectivity index (χ2n) is 13.4. The Labute approximate surface area is 298 Å². The van der Waals surface area contributed by atoms with Gasteiger partial charge in [0.15, 0.2) is 0 Å². The normalized spacial score (nSPS) is 11.9. The lowest BCUT2D eigenvalue weighted by molar-refractivity contribution is 1.18. The maximum atomic E-state index is 2.44. The van der Waals surface area contributed by atoms with Gasteiger partial charge in [0.25, 0.3) is 0 Å². The molecule has 0 radical (unpaired) electrons. The summed E-state index contributed by atoms with van der Waals surface area (Å²) in [7, 11) is 0. The number of para-hydroxylation sites is 2. The summed E-state index contributed by atoms with van der Waals surface area (Å²) in [6, 6.07) is 66.9. The number of benzene rings is 9. The van der Waals surface area contributed by atoms with E-state index in [4.69, 9.17) is 0 Å². The van der Waals surface area contributed by atoms with Gasteiger partial charge in [0.1, 0.15) is 0 Å². The van der Waals surface area contributed by atoms with Crippen LogP contribution < -0.4 is 4.90 Å². The van der Waals surface area contributed by atoms with Crippen LogP contribution in [0.2, 0.25) is 0 Å². The summed E-state index contributed by atoms with van der Waals surface area (Å²) in [5.74, 6) is 0. The van der Waals surface area contributed by atoms with Crippen LogP contribution >= 0.6 is 11.3 Å². The van der Waals surface area contributed by atoms with Crippen molar-refractivity contribution in [2.24, 2.45) is 0 Å². The average Bonchev–Trinajstić information content (AvgIpc) is 3.73. The van der Waals surface area contributed by atoms with Crippen LogP contribution in [-0.2, 0) is 0 Å². The number of hydrogen-bond acceptors (Lipinski definition) is 2. The van der Waals surface area contributed by atoms with Gasteiger partial charge in [-0.15, -0.1) is 11.3 Å². The van der Waals surface area contributed by atoms with E-state index in [1.165, 1.54) is 74.3 Å². The smallest absolute Gasteiger partial charge is 0.0561 e. The van der Waals surface area contributed by atoms with Gasteiger partial charge in [0.05, 0.1) is 11.0 Å². The van der Waals surface area contributed by atoms with E-state index >= 15 is 0 Å². The first-order valence-corrected chi connectivity index (χ1v) is 18.2. The lowest BCUT2D eigenvalue weighted by Gasteiger charge is -2.26. The number of thiophene rings is 1. The highest BCUT2D eigenvalue weighted by molar-refractivity contribution is 7.25. The molecular formula is C48H30N2S. The zero-order chi connectivity index (χ0) is 33.5. The molecule has 2 heterocycles. The Morgan fingerprint density at radius 1 is 0.333 bits per heavy atom. The molecule has 0 saturated carbocycles. The van der Waals surface area contributed by atoms with Gasteiger partial charge >= 0.3 is 0 Å². The minimum absolute atomic E-state index is 1.12. The maximum absolute atomic E-state index is 2.44. The van der Waals surface area contributed by atoms with Gasteiger partial charge < -0.3 is 9.47 Å². The number of fused-ring (bicyclic) bond motifs is 11. The van der Waals surface area contributed by atoms with Crippen LogP contribution in [0.5, 0.6) is 0 Å². The third kappa shape index (κ3) is 4.35. The SMILES string of the molecule is c1ccc(-n2c3ccccc3c3ccc(N(c4ccc5c(c4)sc4ccccc45)c4ccc5ccc6c7ccccc7ccc6c5c4)cc32)cc1. The van der Waals surface area contributed by atoms with Crippen molar-refractivity contribution in [3.63, 3.8) is 0 Å². The number of anilines is 3. The van der Waals surface area contributed by atoms with E-state index < -0.39 is 0 Å². The van der Waals surface area contributed by atoms with Crippen LogP contribution in [0.4, 0.5) is 17.1 Å². The standard InChI is InChI=1S/C48H30N2S/c1-2-11-33(12-3-1)50-45-16-8-6-14-40(45)41-26-22-35(29-46(41)50)49(36-23-27-43-42-15-7-9-17-47(42)51-48(43)30-36)34-21-18-32-20-24-38-37-13-5-4-10-31(37)19-25-39(38)44(32)28-34/h1-30H. The number of nitrogens with zero attached hydrogens (tertiary/aromatic N) is 2. The maximum Gasteiger partial charge on any atom is 0.0561 e. The highest BCUT2D eigenvalue weighted by Gasteiger charge is 2.19. The molecule has 0 atom stereocenters. The predicted molar refractivity (Wildman–Crippen MR) is 221 cm³/mol. The molecule has 0 saturated heterocycles. The zero-order valence-corrected chi connectivity index (χ0v) is 28.4. The third-order valence-electron chi connectivity index (χ3n) is 10.5. The molecule has 9 aromatic carbocycles. The molecule has 0 fully saturated rings. The first-order valence-electron chi connectivity index (χ1n) is 17.4. The molecule has 0 aliphatic heterocycles. The number of aromatic nitrogens is 1. The minimum atomic E-state index is 1.12. The molecule has 11 aromatic rings.